The summed E-state index contributed by atoms with van der Waals surface area (Å²) in [5, 5.41) is 0. The summed E-state index contributed by atoms with van der Waals surface area (Å²) in [5.41, 5.74) is 3.38. The molecule has 0 aliphatic heterocycles. The zero-order valence-corrected chi connectivity index (χ0v) is 11.0. The van der Waals surface area contributed by atoms with Gasteiger partial charge in [0, 0.05) is 0 Å². The fourth-order valence-corrected chi connectivity index (χ4v) is 3.70. The van der Waals surface area contributed by atoms with E-state index < -0.39 is 0 Å². The zero-order chi connectivity index (χ0) is 11.4. The number of rotatable bonds is 1. The molecule has 2 aliphatic rings. The lowest BCUT2D eigenvalue weighted by Gasteiger charge is -2.35. The lowest BCUT2D eigenvalue weighted by molar-refractivity contribution is 0.245. The number of allylic oxidation sites excluding steroid dienone is 4. The molecule has 0 spiro atoms. The molecule has 2 aliphatic carbocycles. The average Bonchev–Trinajstić information content (AvgIpc) is 2.31. The van der Waals surface area contributed by atoms with Gasteiger partial charge in [0.2, 0.25) is 0 Å². The van der Waals surface area contributed by atoms with Crippen molar-refractivity contribution in [2.24, 2.45) is 11.8 Å². The summed E-state index contributed by atoms with van der Waals surface area (Å²) >= 11 is 0. The van der Waals surface area contributed by atoms with Gasteiger partial charge >= 0.3 is 0 Å². The first-order chi connectivity index (χ1) is 7.83. The van der Waals surface area contributed by atoms with Crippen molar-refractivity contribution in [1.82, 2.24) is 0 Å². The highest BCUT2D eigenvalue weighted by Crippen LogP contribution is 2.41. The summed E-state index contributed by atoms with van der Waals surface area (Å²) in [4.78, 5) is 0. The highest BCUT2D eigenvalue weighted by Gasteiger charge is 2.28. The molecule has 16 heavy (non-hydrogen) atoms. The third kappa shape index (κ3) is 2.59. The monoisotopic (exact) mass is 218 g/mol. The molecule has 1 fully saturated rings. The first-order valence-electron chi connectivity index (χ1n) is 7.15. The van der Waals surface area contributed by atoms with Crippen LogP contribution in [0.5, 0.6) is 0 Å². The van der Waals surface area contributed by atoms with Crippen LogP contribution in [0.4, 0.5) is 0 Å². The lowest BCUT2D eigenvalue weighted by Crippen LogP contribution is -2.22. The van der Waals surface area contributed by atoms with Crippen LogP contribution in [0, 0.1) is 11.8 Å². The first-order valence-corrected chi connectivity index (χ1v) is 7.15. The molecule has 2 rings (SSSR count). The molecule has 0 aromatic carbocycles. The van der Waals surface area contributed by atoms with Gasteiger partial charge in [-0.05, 0) is 63.4 Å². The quantitative estimate of drug-likeness (QED) is 0.563. The first kappa shape index (κ1) is 12.0. The summed E-state index contributed by atoms with van der Waals surface area (Å²) in [5.74, 6) is 1.93. The van der Waals surface area contributed by atoms with Crippen molar-refractivity contribution in [2.75, 3.05) is 0 Å². The van der Waals surface area contributed by atoms with Crippen LogP contribution in [0.15, 0.2) is 23.3 Å². The SMILES string of the molecule is C/C=C\C1=C(/C)C2CCCCC2CCCC1. The molecule has 0 N–H and O–H groups in total. The molecule has 0 radical (unpaired) electrons. The lowest BCUT2D eigenvalue weighted by atomic mass is 9.70. The van der Waals surface area contributed by atoms with Gasteiger partial charge in [0.1, 0.15) is 0 Å². The molecule has 0 heteroatoms. The summed E-state index contributed by atoms with van der Waals surface area (Å²) in [6.07, 6.45) is 16.1. The van der Waals surface area contributed by atoms with Gasteiger partial charge < -0.3 is 0 Å². The predicted molar refractivity (Wildman–Crippen MR) is 71.4 cm³/mol. The van der Waals surface area contributed by atoms with E-state index in [1.54, 1.807) is 11.1 Å². The third-order valence-corrected chi connectivity index (χ3v) is 4.61. The van der Waals surface area contributed by atoms with Crippen molar-refractivity contribution in [2.45, 2.75) is 65.2 Å². The summed E-state index contributed by atoms with van der Waals surface area (Å²) in [6, 6.07) is 0. The molecule has 1 saturated carbocycles. The topological polar surface area (TPSA) is 0 Å². The van der Waals surface area contributed by atoms with Crippen molar-refractivity contribution >= 4 is 0 Å². The number of hydrogen-bond acceptors (Lipinski definition) is 0. The Bertz CT molecular complexity index is 282. The molecule has 0 nitrogen and oxygen atoms in total. The van der Waals surface area contributed by atoms with Gasteiger partial charge in [-0.3, -0.25) is 0 Å². The minimum atomic E-state index is 0.917. The van der Waals surface area contributed by atoms with Gasteiger partial charge in [-0.2, -0.15) is 0 Å². The maximum absolute atomic E-state index is 2.41. The van der Waals surface area contributed by atoms with Crippen LogP contribution in [-0.2, 0) is 0 Å². The van der Waals surface area contributed by atoms with E-state index in [1.165, 1.54) is 51.4 Å². The van der Waals surface area contributed by atoms with Crippen LogP contribution in [-0.4, -0.2) is 0 Å². The van der Waals surface area contributed by atoms with Gasteiger partial charge in [-0.15, -0.1) is 0 Å². The van der Waals surface area contributed by atoms with Crippen LogP contribution in [0.2, 0.25) is 0 Å². The van der Waals surface area contributed by atoms with Gasteiger partial charge in [0.05, 0.1) is 0 Å². The summed E-state index contributed by atoms with van der Waals surface area (Å²) in [7, 11) is 0. The molecule has 2 unspecified atom stereocenters. The van der Waals surface area contributed by atoms with Crippen molar-refractivity contribution in [3.8, 4) is 0 Å². The molecular formula is C16H26. The smallest absolute Gasteiger partial charge is 0.0172 e. The van der Waals surface area contributed by atoms with E-state index in [1.807, 2.05) is 0 Å². The Labute approximate surface area is 101 Å². The maximum Gasteiger partial charge on any atom is -0.0172 e. The van der Waals surface area contributed by atoms with Crippen molar-refractivity contribution in [3.63, 3.8) is 0 Å². The predicted octanol–water partition coefficient (Wildman–Crippen LogP) is 5.26. The zero-order valence-electron chi connectivity index (χ0n) is 11.0. The van der Waals surface area contributed by atoms with Crippen molar-refractivity contribution in [1.29, 1.82) is 0 Å². The Hall–Kier alpha value is -0.520. The second kappa shape index (κ2) is 5.70. The highest BCUT2D eigenvalue weighted by molar-refractivity contribution is 5.27. The van der Waals surface area contributed by atoms with E-state index in [4.69, 9.17) is 0 Å². The van der Waals surface area contributed by atoms with Crippen LogP contribution < -0.4 is 0 Å². The average molecular weight is 218 g/mol. The minimum absolute atomic E-state index is 0.917. The highest BCUT2D eigenvalue weighted by atomic mass is 14.3. The second-order valence-electron chi connectivity index (χ2n) is 5.61. The van der Waals surface area contributed by atoms with Gasteiger partial charge in [0.25, 0.3) is 0 Å². The third-order valence-electron chi connectivity index (χ3n) is 4.61. The van der Waals surface area contributed by atoms with Crippen LogP contribution in [0.25, 0.3) is 0 Å². The molecule has 0 amide bonds. The molecule has 0 bridgehead atoms. The molecule has 0 heterocycles. The van der Waals surface area contributed by atoms with Crippen LogP contribution >= 0.6 is 0 Å². The summed E-state index contributed by atoms with van der Waals surface area (Å²) < 4.78 is 0. The number of hydrogen-bond donors (Lipinski definition) is 0. The molecule has 0 saturated heterocycles. The van der Waals surface area contributed by atoms with E-state index in [0.717, 1.165) is 11.8 Å². The Morgan fingerprint density at radius 1 is 1.00 bits per heavy atom. The summed E-state index contributed by atoms with van der Waals surface area (Å²) in [6.45, 7) is 4.56. The maximum atomic E-state index is 2.41. The Balaban J connectivity index is 2.23. The van der Waals surface area contributed by atoms with Gasteiger partial charge in [0.15, 0.2) is 0 Å². The minimum Gasteiger partial charge on any atom is -0.0874 e. The molecule has 0 aromatic heterocycles. The van der Waals surface area contributed by atoms with E-state index in [0.29, 0.717) is 0 Å². The Kier molecular flexibility index (Phi) is 4.26. The van der Waals surface area contributed by atoms with E-state index in [9.17, 15) is 0 Å². The Morgan fingerprint density at radius 3 is 2.44 bits per heavy atom. The second-order valence-corrected chi connectivity index (χ2v) is 5.61. The number of fused-ring (bicyclic) bond motifs is 1. The fraction of sp³-hybridized carbons (Fsp3) is 0.750. The Morgan fingerprint density at radius 2 is 1.69 bits per heavy atom. The molecule has 0 aromatic rings. The molecule has 90 valence electrons. The van der Waals surface area contributed by atoms with Crippen LogP contribution in [0.1, 0.15) is 65.2 Å². The molecular weight excluding hydrogens is 192 g/mol. The fourth-order valence-electron chi connectivity index (χ4n) is 3.70. The van der Waals surface area contributed by atoms with Crippen molar-refractivity contribution < 1.29 is 0 Å². The van der Waals surface area contributed by atoms with E-state index in [-0.39, 0.29) is 0 Å². The largest absolute Gasteiger partial charge is 0.0874 e. The van der Waals surface area contributed by atoms with Crippen molar-refractivity contribution in [3.05, 3.63) is 23.3 Å². The van der Waals surface area contributed by atoms with E-state index in [2.05, 4.69) is 26.0 Å². The van der Waals surface area contributed by atoms with E-state index >= 15 is 0 Å². The van der Waals surface area contributed by atoms with Gasteiger partial charge in [-0.25, -0.2) is 0 Å². The van der Waals surface area contributed by atoms with Gasteiger partial charge in [-0.1, -0.05) is 37.0 Å². The molecule has 2 atom stereocenters. The standard InChI is InChI=1S/C16H26/c1-3-8-14-9-4-5-10-15-11-6-7-12-16(15)13(14)2/h3,8,15-16H,4-7,9-12H2,1-2H3/b8-3-,14-13-. The van der Waals surface area contributed by atoms with Crippen LogP contribution in [0.3, 0.4) is 0 Å². The normalized spacial score (nSPS) is 36.9.